The minimum atomic E-state index is -3.90. The van der Waals surface area contributed by atoms with E-state index in [-0.39, 0.29) is 16.5 Å². The van der Waals surface area contributed by atoms with Crippen LogP contribution in [0, 0.1) is 5.82 Å². The van der Waals surface area contributed by atoms with Crippen LogP contribution in [0.25, 0.3) is 0 Å². The molecule has 3 aromatic carbocycles. The number of hydrogen-bond acceptors (Lipinski definition) is 3. The molecule has 0 aromatic heterocycles. The van der Waals surface area contributed by atoms with Crippen molar-refractivity contribution < 1.29 is 17.6 Å². The van der Waals surface area contributed by atoms with Gasteiger partial charge in [-0.1, -0.05) is 30.3 Å². The van der Waals surface area contributed by atoms with E-state index in [2.05, 4.69) is 10.8 Å². The predicted octanol–water partition coefficient (Wildman–Crippen LogP) is 3.83. The highest BCUT2D eigenvalue weighted by Crippen LogP contribution is 2.22. The molecule has 148 valence electrons. The number of rotatable bonds is 4. The second-order valence-corrected chi connectivity index (χ2v) is 8.57. The fourth-order valence-corrected chi connectivity index (χ4v) is 4.48. The summed E-state index contributed by atoms with van der Waals surface area (Å²) in [6.07, 6.45) is 0.770. The topological polar surface area (TPSA) is 66.5 Å². The van der Waals surface area contributed by atoms with Gasteiger partial charge in [0.1, 0.15) is 5.82 Å². The third kappa shape index (κ3) is 4.14. The molecule has 0 spiro atoms. The quantitative estimate of drug-likeness (QED) is 0.711. The largest absolute Gasteiger partial charge is 0.334 e. The molecule has 0 radical (unpaired) electrons. The van der Waals surface area contributed by atoms with Gasteiger partial charge >= 0.3 is 0 Å². The van der Waals surface area contributed by atoms with Gasteiger partial charge in [0.2, 0.25) is 0 Å². The van der Waals surface area contributed by atoms with Crippen molar-refractivity contribution in [3.63, 3.8) is 0 Å². The van der Waals surface area contributed by atoms with Crippen LogP contribution in [0.2, 0.25) is 0 Å². The fraction of sp³-hybridized carbons (Fsp3) is 0.136. The number of sulfonamides is 1. The lowest BCUT2D eigenvalue weighted by Crippen LogP contribution is -2.36. The molecule has 7 heteroatoms. The number of benzene rings is 3. The lowest BCUT2D eigenvalue weighted by molar-refractivity contribution is 0.0734. The van der Waals surface area contributed by atoms with Crippen LogP contribution in [0.4, 0.5) is 10.1 Å². The van der Waals surface area contributed by atoms with Crippen molar-refractivity contribution in [3.05, 3.63) is 95.3 Å². The van der Waals surface area contributed by atoms with Gasteiger partial charge < -0.3 is 4.90 Å². The number of nitrogens with one attached hydrogen (secondary N) is 1. The van der Waals surface area contributed by atoms with Gasteiger partial charge in [-0.25, -0.2) is 12.8 Å². The average molecular weight is 410 g/mol. The van der Waals surface area contributed by atoms with E-state index in [0.29, 0.717) is 18.7 Å². The van der Waals surface area contributed by atoms with Gasteiger partial charge in [-0.2, -0.15) is 0 Å². The Balaban J connectivity index is 1.55. The molecule has 1 amide bonds. The first-order chi connectivity index (χ1) is 13.9. The molecule has 1 aliphatic heterocycles. The molecule has 0 atom stereocenters. The lowest BCUT2D eigenvalue weighted by Gasteiger charge is -2.29. The average Bonchev–Trinajstić information content (AvgIpc) is 2.74. The predicted molar refractivity (Wildman–Crippen MR) is 109 cm³/mol. The van der Waals surface area contributed by atoms with Crippen LogP contribution in [-0.2, 0) is 23.0 Å². The van der Waals surface area contributed by atoms with Gasteiger partial charge in [0.15, 0.2) is 0 Å². The van der Waals surface area contributed by atoms with Gasteiger partial charge in [-0.05, 0) is 60.0 Å². The molecular formula is C22H19FN2O3S. The summed E-state index contributed by atoms with van der Waals surface area (Å²) in [6.45, 7) is 1.08. The second-order valence-electron chi connectivity index (χ2n) is 6.89. The number of amides is 1. The van der Waals surface area contributed by atoms with Crippen molar-refractivity contribution in [2.75, 3.05) is 11.3 Å². The first kappa shape index (κ1) is 19.1. The van der Waals surface area contributed by atoms with Crippen molar-refractivity contribution in [1.82, 2.24) is 4.90 Å². The number of carbonyl (C=O) groups is 1. The van der Waals surface area contributed by atoms with E-state index in [9.17, 15) is 17.6 Å². The molecule has 29 heavy (non-hydrogen) atoms. The second kappa shape index (κ2) is 7.67. The van der Waals surface area contributed by atoms with Crippen LogP contribution in [0.3, 0.4) is 0 Å². The van der Waals surface area contributed by atoms with E-state index in [0.717, 1.165) is 12.0 Å². The summed E-state index contributed by atoms with van der Waals surface area (Å²) in [5, 5.41) is 0. The number of halogens is 1. The van der Waals surface area contributed by atoms with Crippen LogP contribution in [0.5, 0.6) is 0 Å². The molecule has 0 bridgehead atoms. The number of anilines is 1. The molecule has 0 saturated carbocycles. The Labute approximate surface area is 168 Å². The van der Waals surface area contributed by atoms with Crippen LogP contribution >= 0.6 is 0 Å². The molecule has 1 aliphatic rings. The highest BCUT2D eigenvalue weighted by atomic mass is 32.2. The molecule has 0 fully saturated rings. The SMILES string of the molecule is O=C(c1cccc(S(=O)(=O)Nc2ccc(F)cc2)c1)N1CCc2ccccc2C1. The van der Waals surface area contributed by atoms with Gasteiger partial charge in [0.05, 0.1) is 4.90 Å². The molecule has 5 nitrogen and oxygen atoms in total. The van der Waals surface area contributed by atoms with Gasteiger partial charge in [0, 0.05) is 24.3 Å². The van der Waals surface area contributed by atoms with E-state index in [1.54, 1.807) is 17.0 Å². The van der Waals surface area contributed by atoms with Crippen molar-refractivity contribution >= 4 is 21.6 Å². The van der Waals surface area contributed by atoms with E-state index in [4.69, 9.17) is 0 Å². The van der Waals surface area contributed by atoms with Crippen LogP contribution in [0.15, 0.2) is 77.7 Å². The first-order valence-electron chi connectivity index (χ1n) is 9.17. The van der Waals surface area contributed by atoms with Crippen LogP contribution in [-0.4, -0.2) is 25.8 Å². The Kier molecular flexibility index (Phi) is 5.07. The third-order valence-corrected chi connectivity index (χ3v) is 6.28. The Bertz CT molecular complexity index is 1160. The Morgan fingerprint density at radius 1 is 0.931 bits per heavy atom. The van der Waals surface area contributed by atoms with Crippen molar-refractivity contribution in [3.8, 4) is 0 Å². The van der Waals surface area contributed by atoms with Crippen molar-refractivity contribution in [2.24, 2.45) is 0 Å². The maximum absolute atomic E-state index is 13.0. The highest BCUT2D eigenvalue weighted by molar-refractivity contribution is 7.92. The fourth-order valence-electron chi connectivity index (χ4n) is 3.38. The number of fused-ring (bicyclic) bond motifs is 1. The van der Waals surface area contributed by atoms with Crippen molar-refractivity contribution in [2.45, 2.75) is 17.9 Å². The van der Waals surface area contributed by atoms with E-state index >= 15 is 0 Å². The van der Waals surface area contributed by atoms with Crippen molar-refractivity contribution in [1.29, 1.82) is 0 Å². The van der Waals surface area contributed by atoms with Crippen LogP contribution < -0.4 is 4.72 Å². The van der Waals surface area contributed by atoms with E-state index < -0.39 is 15.8 Å². The highest BCUT2D eigenvalue weighted by Gasteiger charge is 2.23. The third-order valence-electron chi connectivity index (χ3n) is 4.91. The summed E-state index contributed by atoms with van der Waals surface area (Å²) < 4.78 is 40.8. The maximum atomic E-state index is 13.0. The monoisotopic (exact) mass is 410 g/mol. The molecule has 3 aromatic rings. The molecule has 0 saturated heterocycles. The Morgan fingerprint density at radius 2 is 1.66 bits per heavy atom. The zero-order valence-corrected chi connectivity index (χ0v) is 16.3. The summed E-state index contributed by atoms with van der Waals surface area (Å²) >= 11 is 0. The standard InChI is InChI=1S/C22H19FN2O3S/c23-19-8-10-20(11-9-19)24-29(27,28)21-7-3-6-17(14-21)22(26)25-13-12-16-4-1-2-5-18(16)15-25/h1-11,14,24H,12-13,15H2. The molecule has 0 unspecified atom stereocenters. The Morgan fingerprint density at radius 3 is 2.41 bits per heavy atom. The number of hydrogen-bond donors (Lipinski definition) is 1. The summed E-state index contributed by atoms with van der Waals surface area (Å²) in [7, 11) is -3.90. The van der Waals surface area contributed by atoms with E-state index in [1.807, 2.05) is 18.2 Å². The first-order valence-corrected chi connectivity index (χ1v) is 10.7. The van der Waals surface area contributed by atoms with E-state index in [1.165, 1.54) is 42.0 Å². The lowest BCUT2D eigenvalue weighted by atomic mass is 9.99. The minimum absolute atomic E-state index is 0.0231. The number of nitrogens with zero attached hydrogens (tertiary/aromatic N) is 1. The summed E-state index contributed by atoms with van der Waals surface area (Å²) in [5.41, 5.74) is 2.90. The smallest absolute Gasteiger partial charge is 0.261 e. The molecule has 4 rings (SSSR count). The molecular weight excluding hydrogens is 391 g/mol. The summed E-state index contributed by atoms with van der Waals surface area (Å²) in [4.78, 5) is 14.7. The number of carbonyl (C=O) groups excluding carboxylic acids is 1. The Hall–Kier alpha value is -3.19. The minimum Gasteiger partial charge on any atom is -0.334 e. The van der Waals surface area contributed by atoms with Gasteiger partial charge in [-0.15, -0.1) is 0 Å². The zero-order valence-electron chi connectivity index (χ0n) is 15.5. The van der Waals surface area contributed by atoms with Crippen LogP contribution in [0.1, 0.15) is 21.5 Å². The summed E-state index contributed by atoms with van der Waals surface area (Å²) in [6, 6.07) is 19.0. The zero-order chi connectivity index (χ0) is 20.4. The molecule has 1 heterocycles. The van der Waals surface area contributed by atoms with Gasteiger partial charge in [-0.3, -0.25) is 9.52 Å². The van der Waals surface area contributed by atoms with Gasteiger partial charge in [0.25, 0.3) is 15.9 Å². The summed E-state index contributed by atoms with van der Waals surface area (Å²) in [5.74, 6) is -0.665. The molecule has 0 aliphatic carbocycles. The molecule has 1 N–H and O–H groups in total. The normalized spacial score (nSPS) is 13.6. The maximum Gasteiger partial charge on any atom is 0.261 e.